The van der Waals surface area contributed by atoms with E-state index < -0.39 is 5.91 Å². The zero-order chi connectivity index (χ0) is 17.1. The van der Waals surface area contributed by atoms with E-state index >= 15 is 0 Å². The van der Waals surface area contributed by atoms with Gasteiger partial charge in [-0.15, -0.1) is 12.4 Å². The fraction of sp³-hybridized carbons (Fsp3) is 0.316. The third kappa shape index (κ3) is 4.88. The Bertz CT molecular complexity index is 752. The summed E-state index contributed by atoms with van der Waals surface area (Å²) in [6.07, 6.45) is 2.74. The lowest BCUT2D eigenvalue weighted by Gasteiger charge is -2.32. The van der Waals surface area contributed by atoms with Crippen molar-refractivity contribution in [3.63, 3.8) is 0 Å². The number of hydrogen-bond donors (Lipinski definition) is 2. The van der Waals surface area contributed by atoms with Crippen LogP contribution in [0.15, 0.2) is 42.5 Å². The van der Waals surface area contributed by atoms with E-state index in [-0.39, 0.29) is 31.0 Å². The molecular weight excluding hydrogens is 359 g/mol. The molecule has 0 aliphatic heterocycles. The number of nitrogens with two attached hydrogens (primary N) is 2. The molecule has 0 bridgehead atoms. The molecule has 0 saturated carbocycles. The van der Waals surface area contributed by atoms with Gasteiger partial charge in [-0.2, -0.15) is 0 Å². The first-order valence-electron chi connectivity index (χ1n) is 8.07. The van der Waals surface area contributed by atoms with Crippen LogP contribution in [0.2, 0.25) is 5.02 Å². The largest absolute Gasteiger partial charge is 0.484 e. The zero-order valence-corrected chi connectivity index (χ0v) is 15.4. The SMILES string of the molecule is Cl.NC(=O)COc1ccc2c(c1)C(Cc1cccc(Cl)c1)C(N)CC2. The summed E-state index contributed by atoms with van der Waals surface area (Å²) in [5, 5.41) is 0.732. The van der Waals surface area contributed by atoms with Crippen LogP contribution in [-0.4, -0.2) is 18.6 Å². The van der Waals surface area contributed by atoms with Crippen molar-refractivity contribution in [2.45, 2.75) is 31.2 Å². The average Bonchev–Trinajstić information content (AvgIpc) is 2.55. The highest BCUT2D eigenvalue weighted by Gasteiger charge is 2.27. The Morgan fingerprint density at radius 3 is 2.76 bits per heavy atom. The number of amides is 1. The minimum Gasteiger partial charge on any atom is -0.484 e. The van der Waals surface area contributed by atoms with Gasteiger partial charge in [-0.25, -0.2) is 0 Å². The minimum atomic E-state index is -0.486. The van der Waals surface area contributed by atoms with Crippen molar-refractivity contribution in [1.29, 1.82) is 0 Å². The van der Waals surface area contributed by atoms with Gasteiger partial charge in [-0.3, -0.25) is 4.79 Å². The first-order chi connectivity index (χ1) is 11.5. The van der Waals surface area contributed by atoms with Gasteiger partial charge in [0, 0.05) is 17.0 Å². The summed E-state index contributed by atoms with van der Waals surface area (Å²) in [6.45, 7) is -0.121. The maximum Gasteiger partial charge on any atom is 0.255 e. The lowest BCUT2D eigenvalue weighted by atomic mass is 9.76. The number of ether oxygens (including phenoxy) is 1. The Hall–Kier alpha value is -1.75. The number of halogens is 2. The molecular formula is C19H22Cl2N2O2. The Morgan fingerprint density at radius 1 is 1.24 bits per heavy atom. The number of carbonyl (C=O) groups excluding carboxylic acids is 1. The van der Waals surface area contributed by atoms with Crippen LogP contribution in [0.3, 0.4) is 0 Å². The zero-order valence-electron chi connectivity index (χ0n) is 13.8. The fourth-order valence-corrected chi connectivity index (χ4v) is 3.54. The molecule has 2 unspecified atom stereocenters. The second kappa shape index (κ2) is 8.56. The lowest BCUT2D eigenvalue weighted by Crippen LogP contribution is -2.34. The highest BCUT2D eigenvalue weighted by molar-refractivity contribution is 6.30. The van der Waals surface area contributed by atoms with Crippen molar-refractivity contribution in [3.8, 4) is 5.75 Å². The third-order valence-electron chi connectivity index (χ3n) is 4.51. The topological polar surface area (TPSA) is 78.3 Å². The second-order valence-corrected chi connectivity index (χ2v) is 6.70. The molecule has 1 aliphatic carbocycles. The van der Waals surface area contributed by atoms with E-state index in [1.54, 1.807) is 0 Å². The van der Waals surface area contributed by atoms with Crippen LogP contribution in [0.4, 0.5) is 0 Å². The van der Waals surface area contributed by atoms with E-state index in [2.05, 4.69) is 12.1 Å². The van der Waals surface area contributed by atoms with Crippen molar-refractivity contribution < 1.29 is 9.53 Å². The van der Waals surface area contributed by atoms with E-state index in [0.717, 1.165) is 24.3 Å². The summed E-state index contributed by atoms with van der Waals surface area (Å²) >= 11 is 6.10. The predicted octanol–water partition coefficient (Wildman–Crippen LogP) is 3.23. The Labute approximate surface area is 158 Å². The van der Waals surface area contributed by atoms with Gasteiger partial charge >= 0.3 is 0 Å². The van der Waals surface area contributed by atoms with Crippen LogP contribution in [-0.2, 0) is 17.6 Å². The molecule has 0 fully saturated rings. The van der Waals surface area contributed by atoms with Gasteiger partial charge in [0.15, 0.2) is 6.61 Å². The summed E-state index contributed by atoms with van der Waals surface area (Å²) in [5.41, 5.74) is 15.2. The van der Waals surface area contributed by atoms with Crippen molar-refractivity contribution in [2.75, 3.05) is 6.61 Å². The Morgan fingerprint density at radius 2 is 2.04 bits per heavy atom. The molecule has 2 atom stereocenters. The quantitative estimate of drug-likeness (QED) is 0.835. The van der Waals surface area contributed by atoms with Crippen LogP contribution in [0, 0.1) is 0 Å². The smallest absolute Gasteiger partial charge is 0.255 e. The highest BCUT2D eigenvalue weighted by atomic mass is 35.5. The lowest BCUT2D eigenvalue weighted by molar-refractivity contribution is -0.119. The van der Waals surface area contributed by atoms with Gasteiger partial charge in [0.25, 0.3) is 5.91 Å². The predicted molar refractivity (Wildman–Crippen MR) is 103 cm³/mol. The number of aryl methyl sites for hydroxylation is 1. The molecule has 0 saturated heterocycles. The highest BCUT2D eigenvalue weighted by Crippen LogP contribution is 2.36. The maximum atomic E-state index is 10.9. The second-order valence-electron chi connectivity index (χ2n) is 6.26. The summed E-state index contributed by atoms with van der Waals surface area (Å²) in [7, 11) is 0. The van der Waals surface area contributed by atoms with E-state index in [4.69, 9.17) is 27.8 Å². The molecule has 3 rings (SSSR count). The van der Waals surface area contributed by atoms with Gasteiger partial charge in [-0.1, -0.05) is 29.8 Å². The summed E-state index contributed by atoms with van der Waals surface area (Å²) in [4.78, 5) is 10.9. The number of primary amides is 1. The molecule has 1 amide bonds. The third-order valence-corrected chi connectivity index (χ3v) is 4.74. The molecule has 0 heterocycles. The summed E-state index contributed by atoms with van der Waals surface area (Å²) in [5.74, 6) is 0.363. The molecule has 4 N–H and O–H groups in total. The van der Waals surface area contributed by atoms with E-state index in [1.165, 1.54) is 16.7 Å². The van der Waals surface area contributed by atoms with Crippen LogP contribution in [0.25, 0.3) is 0 Å². The number of fused-ring (bicyclic) bond motifs is 1. The van der Waals surface area contributed by atoms with E-state index in [1.807, 2.05) is 30.3 Å². The first kappa shape index (κ1) is 19.6. The van der Waals surface area contributed by atoms with E-state index in [0.29, 0.717) is 5.75 Å². The number of benzene rings is 2. The van der Waals surface area contributed by atoms with Gasteiger partial charge < -0.3 is 16.2 Å². The van der Waals surface area contributed by atoms with Crippen LogP contribution in [0.5, 0.6) is 5.75 Å². The van der Waals surface area contributed by atoms with Gasteiger partial charge in [0.2, 0.25) is 0 Å². The molecule has 25 heavy (non-hydrogen) atoms. The fourth-order valence-electron chi connectivity index (χ4n) is 3.32. The van der Waals surface area contributed by atoms with Crippen LogP contribution < -0.4 is 16.2 Å². The van der Waals surface area contributed by atoms with Gasteiger partial charge in [0.1, 0.15) is 5.75 Å². The molecule has 2 aromatic rings. The molecule has 0 aromatic heterocycles. The van der Waals surface area contributed by atoms with Crippen LogP contribution in [0.1, 0.15) is 29.0 Å². The molecule has 0 radical (unpaired) electrons. The minimum absolute atomic E-state index is 0. The van der Waals surface area contributed by atoms with E-state index in [9.17, 15) is 4.79 Å². The monoisotopic (exact) mass is 380 g/mol. The van der Waals surface area contributed by atoms with Crippen molar-refractivity contribution in [1.82, 2.24) is 0 Å². The molecule has 0 spiro atoms. The number of rotatable bonds is 5. The van der Waals surface area contributed by atoms with Gasteiger partial charge in [-0.05, 0) is 60.2 Å². The molecule has 134 valence electrons. The number of hydrogen-bond acceptors (Lipinski definition) is 3. The average molecular weight is 381 g/mol. The Kier molecular flexibility index (Phi) is 6.71. The van der Waals surface area contributed by atoms with Crippen molar-refractivity contribution >= 4 is 29.9 Å². The standard InChI is InChI=1S/C19H21ClN2O2.ClH/c20-14-3-1-2-12(8-14)9-17-16-10-15(24-11-19(22)23)6-4-13(16)5-7-18(17)21;/h1-4,6,8,10,17-18H,5,7,9,11,21H2,(H2,22,23);1H. The first-order valence-corrected chi connectivity index (χ1v) is 8.44. The molecule has 1 aliphatic rings. The Balaban J connectivity index is 0.00000225. The van der Waals surface area contributed by atoms with Crippen LogP contribution >= 0.6 is 24.0 Å². The normalized spacial score (nSPS) is 18.8. The number of carbonyl (C=O) groups is 1. The maximum absolute atomic E-state index is 10.9. The van der Waals surface area contributed by atoms with Gasteiger partial charge in [0.05, 0.1) is 0 Å². The van der Waals surface area contributed by atoms with Crippen molar-refractivity contribution in [3.05, 3.63) is 64.2 Å². The molecule has 2 aromatic carbocycles. The summed E-state index contributed by atoms with van der Waals surface area (Å²) < 4.78 is 5.45. The summed E-state index contributed by atoms with van der Waals surface area (Å²) in [6, 6.07) is 13.9. The molecule has 4 nitrogen and oxygen atoms in total. The molecule has 6 heteroatoms. The van der Waals surface area contributed by atoms with Crippen molar-refractivity contribution in [2.24, 2.45) is 11.5 Å².